The third-order valence-corrected chi connectivity index (χ3v) is 4.38. The molecule has 0 aromatic heterocycles. The van der Waals surface area contributed by atoms with Crippen LogP contribution in [0.2, 0.25) is 5.02 Å². The number of aliphatic hydroxyl groups excluding tert-OH is 1. The lowest BCUT2D eigenvalue weighted by atomic mass is 10.1. The molecule has 1 aromatic rings. The molecule has 0 bridgehead atoms. The number of hydrogen-bond acceptors (Lipinski definition) is 3. The average molecular weight is 312 g/mol. The molecule has 0 spiro atoms. The molecule has 1 aliphatic rings. The van der Waals surface area contributed by atoms with Gasteiger partial charge in [-0.3, -0.25) is 0 Å². The Kier molecular flexibility index (Phi) is 6.34. The summed E-state index contributed by atoms with van der Waals surface area (Å²) in [5.41, 5.74) is 1.06. The Bertz CT molecular complexity index is 452. The van der Waals surface area contributed by atoms with E-state index in [2.05, 4.69) is 19.2 Å². The van der Waals surface area contributed by atoms with E-state index in [1.165, 1.54) is 6.42 Å². The Morgan fingerprint density at radius 3 is 2.86 bits per heavy atom. The molecule has 3 unspecified atom stereocenters. The SMILES string of the molecule is CCNC(C)c1cc(Cl)ccc1OC1CCCCCC1O. The molecular weight excluding hydrogens is 286 g/mol. The summed E-state index contributed by atoms with van der Waals surface area (Å²) in [6.07, 6.45) is 4.65. The Hall–Kier alpha value is -0.770. The van der Waals surface area contributed by atoms with Gasteiger partial charge < -0.3 is 15.2 Å². The first-order valence-electron chi connectivity index (χ1n) is 7.99. The summed E-state index contributed by atoms with van der Waals surface area (Å²) >= 11 is 6.13. The minimum Gasteiger partial charge on any atom is -0.487 e. The standard InChI is InChI=1S/C17H26ClNO2/c1-3-19-12(2)14-11-13(18)9-10-16(14)21-17-8-6-4-5-7-15(17)20/h9-12,15,17,19-20H,3-8H2,1-2H3. The van der Waals surface area contributed by atoms with Crippen LogP contribution in [0, 0.1) is 0 Å². The molecule has 2 rings (SSSR count). The van der Waals surface area contributed by atoms with E-state index in [1.807, 2.05) is 18.2 Å². The van der Waals surface area contributed by atoms with Crippen LogP contribution < -0.4 is 10.1 Å². The van der Waals surface area contributed by atoms with E-state index in [0.29, 0.717) is 5.02 Å². The first-order chi connectivity index (χ1) is 10.1. The summed E-state index contributed by atoms with van der Waals surface area (Å²) in [4.78, 5) is 0. The fourth-order valence-corrected chi connectivity index (χ4v) is 3.12. The van der Waals surface area contributed by atoms with Crippen molar-refractivity contribution in [3.63, 3.8) is 0 Å². The number of rotatable bonds is 5. The zero-order valence-electron chi connectivity index (χ0n) is 12.9. The van der Waals surface area contributed by atoms with E-state index in [0.717, 1.165) is 43.5 Å². The van der Waals surface area contributed by atoms with Gasteiger partial charge in [-0.1, -0.05) is 31.4 Å². The first kappa shape index (κ1) is 16.6. The normalized spacial score (nSPS) is 24.4. The van der Waals surface area contributed by atoms with E-state index in [4.69, 9.17) is 16.3 Å². The van der Waals surface area contributed by atoms with Crippen molar-refractivity contribution < 1.29 is 9.84 Å². The average Bonchev–Trinajstić information content (AvgIpc) is 2.66. The molecule has 1 aromatic carbocycles. The minimum absolute atomic E-state index is 0.110. The molecule has 0 saturated heterocycles. The van der Waals surface area contributed by atoms with Crippen molar-refractivity contribution in [1.82, 2.24) is 5.32 Å². The third-order valence-electron chi connectivity index (χ3n) is 4.14. The van der Waals surface area contributed by atoms with Crippen molar-refractivity contribution in [3.05, 3.63) is 28.8 Å². The molecular formula is C17H26ClNO2. The summed E-state index contributed by atoms with van der Waals surface area (Å²) < 4.78 is 6.15. The minimum atomic E-state index is -0.370. The van der Waals surface area contributed by atoms with Gasteiger partial charge in [0.05, 0.1) is 6.10 Å². The van der Waals surface area contributed by atoms with Gasteiger partial charge in [0.25, 0.3) is 0 Å². The Labute approximate surface area is 132 Å². The van der Waals surface area contributed by atoms with Crippen LogP contribution in [0.1, 0.15) is 57.6 Å². The zero-order valence-corrected chi connectivity index (χ0v) is 13.7. The molecule has 1 aliphatic carbocycles. The highest BCUT2D eigenvalue weighted by molar-refractivity contribution is 6.30. The van der Waals surface area contributed by atoms with Gasteiger partial charge >= 0.3 is 0 Å². The first-order valence-corrected chi connectivity index (χ1v) is 8.37. The maximum absolute atomic E-state index is 10.2. The summed E-state index contributed by atoms with van der Waals surface area (Å²) in [7, 11) is 0. The molecule has 3 atom stereocenters. The molecule has 3 nitrogen and oxygen atoms in total. The van der Waals surface area contributed by atoms with Gasteiger partial charge in [-0.05, 0) is 50.9 Å². The van der Waals surface area contributed by atoms with E-state index in [1.54, 1.807) is 0 Å². The fourth-order valence-electron chi connectivity index (χ4n) is 2.94. The number of benzene rings is 1. The van der Waals surface area contributed by atoms with Crippen molar-refractivity contribution >= 4 is 11.6 Å². The molecule has 1 fully saturated rings. The molecule has 2 N–H and O–H groups in total. The van der Waals surface area contributed by atoms with E-state index < -0.39 is 0 Å². The molecule has 1 saturated carbocycles. The number of hydrogen-bond donors (Lipinski definition) is 2. The van der Waals surface area contributed by atoms with Crippen molar-refractivity contribution in [2.75, 3.05) is 6.54 Å². The summed E-state index contributed by atoms with van der Waals surface area (Å²) in [6.45, 7) is 5.07. The quantitative estimate of drug-likeness (QED) is 0.805. The maximum atomic E-state index is 10.2. The van der Waals surface area contributed by atoms with Gasteiger partial charge in [0.1, 0.15) is 11.9 Å². The van der Waals surface area contributed by atoms with Gasteiger partial charge in [0.2, 0.25) is 0 Å². The molecule has 0 heterocycles. The van der Waals surface area contributed by atoms with Crippen LogP contribution in [0.3, 0.4) is 0 Å². The van der Waals surface area contributed by atoms with Crippen LogP contribution >= 0.6 is 11.6 Å². The van der Waals surface area contributed by atoms with Crippen LogP contribution in [-0.2, 0) is 0 Å². The van der Waals surface area contributed by atoms with Crippen molar-refractivity contribution in [3.8, 4) is 5.75 Å². The lowest BCUT2D eigenvalue weighted by molar-refractivity contribution is 0.0312. The molecule has 21 heavy (non-hydrogen) atoms. The van der Waals surface area contributed by atoms with E-state index in [-0.39, 0.29) is 18.2 Å². The smallest absolute Gasteiger partial charge is 0.124 e. The fraction of sp³-hybridized carbons (Fsp3) is 0.647. The van der Waals surface area contributed by atoms with Gasteiger partial charge in [0, 0.05) is 16.6 Å². The van der Waals surface area contributed by atoms with Crippen LogP contribution in [0.15, 0.2) is 18.2 Å². The predicted molar refractivity (Wildman–Crippen MR) is 87.1 cm³/mol. The number of nitrogens with one attached hydrogen (secondary N) is 1. The predicted octanol–water partition coefficient (Wildman–Crippen LogP) is 4.08. The van der Waals surface area contributed by atoms with Crippen LogP contribution in [0.5, 0.6) is 5.75 Å². The summed E-state index contributed by atoms with van der Waals surface area (Å²) in [5, 5.41) is 14.3. The largest absolute Gasteiger partial charge is 0.487 e. The second kappa shape index (κ2) is 8.02. The topological polar surface area (TPSA) is 41.5 Å². The Balaban J connectivity index is 2.17. The van der Waals surface area contributed by atoms with E-state index >= 15 is 0 Å². The Morgan fingerprint density at radius 2 is 2.10 bits per heavy atom. The van der Waals surface area contributed by atoms with Crippen molar-refractivity contribution in [2.24, 2.45) is 0 Å². The lowest BCUT2D eigenvalue weighted by Crippen LogP contribution is -2.31. The van der Waals surface area contributed by atoms with E-state index in [9.17, 15) is 5.11 Å². The van der Waals surface area contributed by atoms with Gasteiger partial charge in [-0.15, -0.1) is 0 Å². The lowest BCUT2D eigenvalue weighted by Gasteiger charge is -2.25. The van der Waals surface area contributed by atoms with Crippen LogP contribution in [-0.4, -0.2) is 23.9 Å². The van der Waals surface area contributed by atoms with Gasteiger partial charge in [0.15, 0.2) is 0 Å². The maximum Gasteiger partial charge on any atom is 0.124 e. The van der Waals surface area contributed by atoms with Crippen LogP contribution in [0.25, 0.3) is 0 Å². The number of halogens is 1. The van der Waals surface area contributed by atoms with Crippen molar-refractivity contribution in [1.29, 1.82) is 0 Å². The second-order valence-corrected chi connectivity index (χ2v) is 6.26. The molecule has 0 aliphatic heterocycles. The van der Waals surface area contributed by atoms with Gasteiger partial charge in [-0.25, -0.2) is 0 Å². The highest BCUT2D eigenvalue weighted by Crippen LogP contribution is 2.31. The molecule has 118 valence electrons. The highest BCUT2D eigenvalue weighted by atomic mass is 35.5. The van der Waals surface area contributed by atoms with Crippen molar-refractivity contribution in [2.45, 2.75) is 64.2 Å². The summed E-state index contributed by atoms with van der Waals surface area (Å²) in [5.74, 6) is 0.832. The monoisotopic (exact) mass is 311 g/mol. The van der Waals surface area contributed by atoms with Gasteiger partial charge in [-0.2, -0.15) is 0 Å². The summed E-state index contributed by atoms with van der Waals surface area (Å²) in [6, 6.07) is 5.89. The Morgan fingerprint density at radius 1 is 1.33 bits per heavy atom. The second-order valence-electron chi connectivity index (χ2n) is 5.82. The third kappa shape index (κ3) is 4.60. The highest BCUT2D eigenvalue weighted by Gasteiger charge is 2.24. The number of aliphatic hydroxyl groups is 1. The molecule has 0 amide bonds. The number of ether oxygens (including phenoxy) is 1. The van der Waals surface area contributed by atoms with Crippen LogP contribution in [0.4, 0.5) is 0 Å². The molecule has 0 radical (unpaired) electrons. The zero-order chi connectivity index (χ0) is 15.2. The molecule has 4 heteroatoms.